The monoisotopic (exact) mass is 298 g/mol. The van der Waals surface area contributed by atoms with Gasteiger partial charge in [0.2, 0.25) is 5.91 Å². The van der Waals surface area contributed by atoms with Crippen molar-refractivity contribution in [2.45, 2.75) is 11.8 Å². The first-order valence-electron chi connectivity index (χ1n) is 6.34. The molecule has 2 aromatic carbocycles. The Balaban J connectivity index is 2.03. The van der Waals surface area contributed by atoms with E-state index in [1.54, 1.807) is 36.4 Å². The summed E-state index contributed by atoms with van der Waals surface area (Å²) in [6.07, 6.45) is 0. The molecule has 1 amide bonds. The Hall–Kier alpha value is -2.45. The molecule has 0 spiro atoms. The molecule has 0 aliphatic heterocycles. The van der Waals surface area contributed by atoms with Gasteiger partial charge in [0.1, 0.15) is 5.75 Å². The van der Waals surface area contributed by atoms with Crippen molar-refractivity contribution in [2.75, 3.05) is 11.1 Å². The molecule has 5 heteroatoms. The average molecular weight is 298 g/mol. The van der Waals surface area contributed by atoms with Crippen molar-refractivity contribution in [2.24, 2.45) is 0 Å². The van der Waals surface area contributed by atoms with E-state index < -0.39 is 10.8 Å². The third kappa shape index (κ3) is 4.01. The molecular formula is C16H14N2O2S. The van der Waals surface area contributed by atoms with Gasteiger partial charge in [0.15, 0.2) is 0 Å². The number of amides is 1. The summed E-state index contributed by atoms with van der Waals surface area (Å²) in [5.74, 6) is -0.451. The molecular weight excluding hydrogens is 284 g/mol. The highest BCUT2D eigenvalue weighted by Crippen LogP contribution is 2.14. The molecule has 1 atom stereocenters. The summed E-state index contributed by atoms with van der Waals surface area (Å²) in [5, 5.41) is 11.5. The number of anilines is 1. The number of nitriles is 1. The number of hydrogen-bond donors (Lipinski definition) is 1. The van der Waals surface area contributed by atoms with Gasteiger partial charge < -0.3 is 5.32 Å². The lowest BCUT2D eigenvalue weighted by molar-refractivity contribution is -0.113. The highest BCUT2D eigenvalue weighted by Gasteiger charge is 2.12. The van der Waals surface area contributed by atoms with Gasteiger partial charge in [0, 0.05) is 10.6 Å². The van der Waals surface area contributed by atoms with Gasteiger partial charge in [-0.05, 0) is 36.8 Å². The van der Waals surface area contributed by atoms with Crippen LogP contribution in [0.15, 0.2) is 53.4 Å². The summed E-state index contributed by atoms with van der Waals surface area (Å²) >= 11 is 0. The predicted octanol–water partition coefficient (Wildman–Crippen LogP) is 2.61. The minimum absolute atomic E-state index is 0.109. The lowest BCUT2D eigenvalue weighted by Crippen LogP contribution is -2.19. The molecule has 0 radical (unpaired) electrons. The molecule has 0 aliphatic carbocycles. The van der Waals surface area contributed by atoms with E-state index >= 15 is 0 Å². The van der Waals surface area contributed by atoms with Gasteiger partial charge in [-0.2, -0.15) is 5.26 Å². The fourth-order valence-electron chi connectivity index (χ4n) is 1.87. The van der Waals surface area contributed by atoms with Crippen LogP contribution < -0.4 is 5.32 Å². The van der Waals surface area contributed by atoms with Gasteiger partial charge in [0.05, 0.1) is 22.4 Å². The summed E-state index contributed by atoms with van der Waals surface area (Å²) in [6, 6.07) is 15.9. The van der Waals surface area contributed by atoms with Crippen LogP contribution in [0.25, 0.3) is 0 Å². The summed E-state index contributed by atoms with van der Waals surface area (Å²) < 4.78 is 12.2. The SMILES string of the molecule is Cc1ccccc1S(=O)CC(=O)Nc1cccc(C#N)c1. The molecule has 0 saturated heterocycles. The third-order valence-electron chi connectivity index (χ3n) is 2.88. The first-order valence-corrected chi connectivity index (χ1v) is 7.66. The van der Waals surface area contributed by atoms with E-state index in [-0.39, 0.29) is 11.7 Å². The summed E-state index contributed by atoms with van der Waals surface area (Å²) in [6.45, 7) is 1.86. The number of carbonyl (C=O) groups is 1. The van der Waals surface area contributed by atoms with Crippen LogP contribution in [-0.4, -0.2) is 15.9 Å². The maximum atomic E-state index is 12.2. The highest BCUT2D eigenvalue weighted by atomic mass is 32.2. The number of nitrogens with one attached hydrogen (secondary N) is 1. The number of benzene rings is 2. The molecule has 4 nitrogen and oxygen atoms in total. The number of aryl methyl sites for hydroxylation is 1. The van der Waals surface area contributed by atoms with E-state index in [0.717, 1.165) is 5.56 Å². The molecule has 0 fully saturated rings. The van der Waals surface area contributed by atoms with Crippen molar-refractivity contribution >= 4 is 22.4 Å². The molecule has 2 aromatic rings. The average Bonchev–Trinajstić information content (AvgIpc) is 2.47. The van der Waals surface area contributed by atoms with Gasteiger partial charge in [-0.25, -0.2) is 0 Å². The molecule has 21 heavy (non-hydrogen) atoms. The maximum Gasteiger partial charge on any atom is 0.237 e. The summed E-state index contributed by atoms with van der Waals surface area (Å²) in [5.41, 5.74) is 1.89. The zero-order chi connectivity index (χ0) is 15.2. The van der Waals surface area contributed by atoms with Gasteiger partial charge in [-0.3, -0.25) is 9.00 Å². The first-order chi connectivity index (χ1) is 10.1. The van der Waals surface area contributed by atoms with Crippen LogP contribution >= 0.6 is 0 Å². The van der Waals surface area contributed by atoms with E-state index in [9.17, 15) is 9.00 Å². The predicted molar refractivity (Wildman–Crippen MR) is 82.2 cm³/mol. The van der Waals surface area contributed by atoms with Gasteiger partial charge in [0.25, 0.3) is 0 Å². The molecule has 0 aliphatic rings. The Kier molecular flexibility index (Phi) is 4.85. The third-order valence-corrected chi connectivity index (χ3v) is 4.35. The lowest BCUT2D eigenvalue weighted by atomic mass is 10.2. The number of hydrogen-bond acceptors (Lipinski definition) is 3. The first kappa shape index (κ1) is 14.9. The van der Waals surface area contributed by atoms with Gasteiger partial charge in [-0.15, -0.1) is 0 Å². The zero-order valence-corrected chi connectivity index (χ0v) is 12.3. The zero-order valence-electron chi connectivity index (χ0n) is 11.5. The normalized spacial score (nSPS) is 11.4. The minimum Gasteiger partial charge on any atom is -0.325 e. The summed E-state index contributed by atoms with van der Waals surface area (Å²) in [7, 11) is -1.38. The van der Waals surface area contributed by atoms with Crippen molar-refractivity contribution < 1.29 is 9.00 Å². The van der Waals surface area contributed by atoms with Crippen molar-refractivity contribution in [1.29, 1.82) is 5.26 Å². The van der Waals surface area contributed by atoms with E-state index in [4.69, 9.17) is 5.26 Å². The molecule has 1 unspecified atom stereocenters. The van der Waals surface area contributed by atoms with Crippen LogP contribution in [0.3, 0.4) is 0 Å². The Morgan fingerprint density at radius 2 is 2.00 bits per heavy atom. The standard InChI is InChI=1S/C16H14N2O2S/c1-12-5-2-3-8-15(12)21(20)11-16(19)18-14-7-4-6-13(9-14)10-17/h2-9H,11H2,1H3,(H,18,19). The lowest BCUT2D eigenvalue weighted by Gasteiger charge is -2.07. The van der Waals surface area contributed by atoms with Crippen LogP contribution in [0.2, 0.25) is 0 Å². The van der Waals surface area contributed by atoms with Gasteiger partial charge >= 0.3 is 0 Å². The second kappa shape index (κ2) is 6.82. The number of rotatable bonds is 4. The fourth-order valence-corrected chi connectivity index (χ4v) is 3.00. The smallest absolute Gasteiger partial charge is 0.237 e. The van der Waals surface area contributed by atoms with E-state index in [0.29, 0.717) is 16.1 Å². The molecule has 0 saturated carbocycles. The molecule has 106 valence electrons. The van der Waals surface area contributed by atoms with Crippen molar-refractivity contribution in [3.8, 4) is 6.07 Å². The molecule has 2 rings (SSSR count). The number of nitrogens with zero attached hydrogens (tertiary/aromatic N) is 1. The van der Waals surface area contributed by atoms with E-state index in [1.165, 1.54) is 0 Å². The fraction of sp³-hybridized carbons (Fsp3) is 0.125. The molecule has 0 bridgehead atoms. The topological polar surface area (TPSA) is 70.0 Å². The molecule has 0 heterocycles. The number of carbonyl (C=O) groups excluding carboxylic acids is 1. The van der Waals surface area contributed by atoms with Gasteiger partial charge in [-0.1, -0.05) is 24.3 Å². The molecule has 1 N–H and O–H groups in total. The highest BCUT2D eigenvalue weighted by molar-refractivity contribution is 7.85. The Morgan fingerprint density at radius 3 is 2.71 bits per heavy atom. The maximum absolute atomic E-state index is 12.2. The van der Waals surface area contributed by atoms with Crippen LogP contribution in [0.4, 0.5) is 5.69 Å². The van der Waals surface area contributed by atoms with Crippen LogP contribution in [-0.2, 0) is 15.6 Å². The Morgan fingerprint density at radius 1 is 1.24 bits per heavy atom. The van der Waals surface area contributed by atoms with Crippen LogP contribution in [0, 0.1) is 18.3 Å². The van der Waals surface area contributed by atoms with Crippen LogP contribution in [0.5, 0.6) is 0 Å². The largest absolute Gasteiger partial charge is 0.325 e. The Bertz CT molecular complexity index is 735. The Labute approximate surface area is 125 Å². The van der Waals surface area contributed by atoms with Crippen LogP contribution in [0.1, 0.15) is 11.1 Å². The van der Waals surface area contributed by atoms with E-state index in [1.807, 2.05) is 25.1 Å². The minimum atomic E-state index is -1.38. The van der Waals surface area contributed by atoms with Crippen molar-refractivity contribution in [3.05, 3.63) is 59.7 Å². The quantitative estimate of drug-likeness (QED) is 0.943. The van der Waals surface area contributed by atoms with Crippen molar-refractivity contribution in [1.82, 2.24) is 0 Å². The molecule has 0 aromatic heterocycles. The van der Waals surface area contributed by atoms with E-state index in [2.05, 4.69) is 5.32 Å². The summed E-state index contributed by atoms with van der Waals surface area (Å²) in [4.78, 5) is 12.6. The van der Waals surface area contributed by atoms with Crippen molar-refractivity contribution in [3.63, 3.8) is 0 Å². The second-order valence-corrected chi connectivity index (χ2v) is 5.92. The second-order valence-electron chi connectivity index (χ2n) is 4.50.